The lowest BCUT2D eigenvalue weighted by molar-refractivity contribution is -0.186. The number of halogens is 1. The van der Waals surface area contributed by atoms with Gasteiger partial charge >= 0.3 is 0 Å². The van der Waals surface area contributed by atoms with Crippen molar-refractivity contribution >= 4 is 5.91 Å². The molecule has 2 fully saturated rings. The van der Waals surface area contributed by atoms with Crippen LogP contribution in [0, 0.1) is 5.82 Å². The monoisotopic (exact) mass is 293 g/mol. The van der Waals surface area contributed by atoms with E-state index in [1.807, 2.05) is 0 Å². The van der Waals surface area contributed by atoms with Gasteiger partial charge in [0, 0.05) is 24.9 Å². The van der Waals surface area contributed by atoms with E-state index in [1.165, 1.54) is 30.7 Å². The van der Waals surface area contributed by atoms with Gasteiger partial charge in [-0.05, 0) is 37.1 Å². The van der Waals surface area contributed by atoms with Crippen molar-refractivity contribution in [2.45, 2.75) is 44.0 Å². The summed E-state index contributed by atoms with van der Waals surface area (Å²) in [4.78, 5) is 12.0. The van der Waals surface area contributed by atoms with Crippen molar-refractivity contribution in [3.8, 4) is 0 Å². The van der Waals surface area contributed by atoms with Crippen LogP contribution in [0.2, 0.25) is 0 Å². The smallest absolute Gasteiger partial charge is 0.251 e. The summed E-state index contributed by atoms with van der Waals surface area (Å²) in [5, 5.41) is 2.82. The highest BCUT2D eigenvalue weighted by Gasteiger charge is 2.42. The average Bonchev–Trinajstić information content (AvgIpc) is 2.89. The molecule has 2 aliphatic rings. The molecule has 1 aromatic carbocycles. The number of carbonyl (C=O) groups is 1. The van der Waals surface area contributed by atoms with Gasteiger partial charge in [0.05, 0.1) is 6.61 Å². The summed E-state index contributed by atoms with van der Waals surface area (Å²) in [6.45, 7) is 0.932. The predicted molar refractivity (Wildman–Crippen MR) is 75.4 cm³/mol. The SMILES string of the molecule is O=C(NCC1COC2(CCCCC2)O1)c1ccc(F)cc1. The standard InChI is InChI=1S/C16H20FNO3/c17-13-6-4-12(5-7-13)15(19)18-10-14-11-20-16(21-14)8-2-1-3-9-16/h4-7,14H,1-3,8-11H2,(H,18,19). The molecule has 1 amide bonds. The Kier molecular flexibility index (Phi) is 4.22. The molecule has 3 rings (SSSR count). The zero-order valence-corrected chi connectivity index (χ0v) is 11.9. The first-order chi connectivity index (χ1) is 10.2. The third kappa shape index (κ3) is 3.41. The molecule has 0 radical (unpaired) electrons. The van der Waals surface area contributed by atoms with E-state index < -0.39 is 5.79 Å². The summed E-state index contributed by atoms with van der Waals surface area (Å²) in [7, 11) is 0. The molecule has 1 unspecified atom stereocenters. The molecule has 5 heteroatoms. The van der Waals surface area contributed by atoms with E-state index in [4.69, 9.17) is 9.47 Å². The van der Waals surface area contributed by atoms with Gasteiger partial charge in [0.25, 0.3) is 5.91 Å². The second kappa shape index (κ2) is 6.12. The van der Waals surface area contributed by atoms with Gasteiger partial charge in [0.15, 0.2) is 5.79 Å². The van der Waals surface area contributed by atoms with Crippen LogP contribution in [0.25, 0.3) is 0 Å². The molecule has 1 N–H and O–H groups in total. The van der Waals surface area contributed by atoms with Crippen molar-refractivity contribution in [3.63, 3.8) is 0 Å². The highest BCUT2D eigenvalue weighted by Crippen LogP contribution is 2.37. The first kappa shape index (κ1) is 14.5. The molecule has 1 saturated heterocycles. The minimum absolute atomic E-state index is 0.104. The van der Waals surface area contributed by atoms with Crippen molar-refractivity contribution in [2.24, 2.45) is 0 Å². The van der Waals surface area contributed by atoms with Gasteiger partial charge in [-0.1, -0.05) is 6.42 Å². The van der Waals surface area contributed by atoms with E-state index in [0.717, 1.165) is 25.7 Å². The number of hydrogen-bond acceptors (Lipinski definition) is 3. The van der Waals surface area contributed by atoms with Crippen LogP contribution >= 0.6 is 0 Å². The summed E-state index contributed by atoms with van der Waals surface area (Å²) in [5.41, 5.74) is 0.447. The van der Waals surface area contributed by atoms with Gasteiger partial charge in [-0.2, -0.15) is 0 Å². The van der Waals surface area contributed by atoms with Crippen molar-refractivity contribution < 1.29 is 18.7 Å². The summed E-state index contributed by atoms with van der Waals surface area (Å²) >= 11 is 0. The van der Waals surface area contributed by atoms with Crippen molar-refractivity contribution in [3.05, 3.63) is 35.6 Å². The summed E-state index contributed by atoms with van der Waals surface area (Å²) in [6.07, 6.45) is 5.28. The zero-order chi connectivity index (χ0) is 14.7. The zero-order valence-electron chi connectivity index (χ0n) is 11.9. The van der Waals surface area contributed by atoms with E-state index in [9.17, 15) is 9.18 Å². The average molecular weight is 293 g/mol. The molecule has 114 valence electrons. The van der Waals surface area contributed by atoms with Crippen LogP contribution in [-0.2, 0) is 9.47 Å². The fraction of sp³-hybridized carbons (Fsp3) is 0.562. The Morgan fingerprint density at radius 1 is 1.24 bits per heavy atom. The van der Waals surface area contributed by atoms with Gasteiger partial charge in [0.1, 0.15) is 11.9 Å². The second-order valence-electron chi connectivity index (χ2n) is 5.74. The van der Waals surface area contributed by atoms with Crippen molar-refractivity contribution in [1.82, 2.24) is 5.32 Å². The largest absolute Gasteiger partial charge is 0.349 e. The van der Waals surface area contributed by atoms with Crippen LogP contribution in [-0.4, -0.2) is 30.9 Å². The maximum absolute atomic E-state index is 12.8. The van der Waals surface area contributed by atoms with Crippen LogP contribution in [0.5, 0.6) is 0 Å². The number of ether oxygens (including phenoxy) is 2. The fourth-order valence-corrected chi connectivity index (χ4v) is 2.98. The first-order valence-electron chi connectivity index (χ1n) is 7.52. The quantitative estimate of drug-likeness (QED) is 0.932. The Morgan fingerprint density at radius 2 is 1.95 bits per heavy atom. The fourth-order valence-electron chi connectivity index (χ4n) is 2.98. The molecule has 1 aliphatic carbocycles. The highest BCUT2D eigenvalue weighted by molar-refractivity contribution is 5.94. The van der Waals surface area contributed by atoms with E-state index in [1.54, 1.807) is 0 Å². The van der Waals surface area contributed by atoms with Gasteiger partial charge in [0.2, 0.25) is 0 Å². The Balaban J connectivity index is 1.49. The van der Waals surface area contributed by atoms with E-state index in [0.29, 0.717) is 18.7 Å². The molecule has 1 aliphatic heterocycles. The minimum atomic E-state index is -0.413. The highest BCUT2D eigenvalue weighted by atomic mass is 19.1. The molecule has 1 saturated carbocycles. The minimum Gasteiger partial charge on any atom is -0.349 e. The summed E-state index contributed by atoms with van der Waals surface area (Å²) < 4.78 is 24.6. The van der Waals surface area contributed by atoms with E-state index in [-0.39, 0.29) is 17.8 Å². The van der Waals surface area contributed by atoms with Crippen molar-refractivity contribution in [1.29, 1.82) is 0 Å². The number of carbonyl (C=O) groups excluding carboxylic acids is 1. The molecule has 0 bridgehead atoms. The number of hydrogen-bond donors (Lipinski definition) is 1. The van der Waals surface area contributed by atoms with E-state index in [2.05, 4.69) is 5.32 Å². The summed E-state index contributed by atoms with van der Waals surface area (Å²) in [5.74, 6) is -0.981. The maximum Gasteiger partial charge on any atom is 0.251 e. The normalized spacial score (nSPS) is 24.1. The lowest BCUT2D eigenvalue weighted by Gasteiger charge is -2.31. The molecular weight excluding hydrogens is 273 g/mol. The topological polar surface area (TPSA) is 47.6 Å². The lowest BCUT2D eigenvalue weighted by Crippen LogP contribution is -2.37. The van der Waals surface area contributed by atoms with Gasteiger partial charge in [-0.15, -0.1) is 0 Å². The third-order valence-corrected chi connectivity index (χ3v) is 4.13. The summed E-state index contributed by atoms with van der Waals surface area (Å²) in [6, 6.07) is 5.50. The molecular formula is C16H20FNO3. The van der Waals surface area contributed by atoms with Gasteiger partial charge in [-0.25, -0.2) is 4.39 Å². The first-order valence-corrected chi connectivity index (χ1v) is 7.52. The number of amides is 1. The molecule has 21 heavy (non-hydrogen) atoms. The lowest BCUT2D eigenvalue weighted by atomic mass is 9.94. The van der Waals surface area contributed by atoms with Crippen LogP contribution in [0.3, 0.4) is 0 Å². The number of benzene rings is 1. The Hall–Kier alpha value is -1.46. The van der Waals surface area contributed by atoms with Crippen molar-refractivity contribution in [2.75, 3.05) is 13.2 Å². The van der Waals surface area contributed by atoms with Crippen LogP contribution < -0.4 is 5.32 Å². The molecule has 0 aromatic heterocycles. The molecule has 1 heterocycles. The van der Waals surface area contributed by atoms with Crippen LogP contribution in [0.15, 0.2) is 24.3 Å². The maximum atomic E-state index is 12.8. The second-order valence-corrected chi connectivity index (χ2v) is 5.74. The number of rotatable bonds is 3. The van der Waals surface area contributed by atoms with Gasteiger partial charge in [-0.3, -0.25) is 4.79 Å². The third-order valence-electron chi connectivity index (χ3n) is 4.13. The number of nitrogens with one attached hydrogen (secondary N) is 1. The van der Waals surface area contributed by atoms with E-state index >= 15 is 0 Å². The molecule has 1 aromatic rings. The van der Waals surface area contributed by atoms with Crippen LogP contribution in [0.4, 0.5) is 4.39 Å². The van der Waals surface area contributed by atoms with Gasteiger partial charge < -0.3 is 14.8 Å². The molecule has 1 spiro atoms. The molecule has 1 atom stereocenters. The predicted octanol–water partition coefficient (Wildman–Crippen LogP) is 2.63. The van der Waals surface area contributed by atoms with Crippen LogP contribution in [0.1, 0.15) is 42.5 Å². The Morgan fingerprint density at radius 3 is 2.67 bits per heavy atom. The molecule has 4 nitrogen and oxygen atoms in total. The Bertz CT molecular complexity index is 497. The Labute approximate surface area is 123 Å².